The number of carbonyl (C=O) groups excluding carboxylic acids is 1. The highest BCUT2D eigenvalue weighted by Crippen LogP contribution is 2.28. The van der Waals surface area contributed by atoms with Gasteiger partial charge in [-0.05, 0) is 43.9 Å². The van der Waals surface area contributed by atoms with Crippen LogP contribution in [-0.2, 0) is 14.9 Å². The molecule has 0 heterocycles. The largest absolute Gasteiger partial charge is 0.508 e. The first-order valence-corrected chi connectivity index (χ1v) is 8.09. The van der Waals surface area contributed by atoms with Crippen LogP contribution in [0.25, 0.3) is 0 Å². The fourth-order valence-electron chi connectivity index (χ4n) is 2.35. The molecule has 0 aromatic heterocycles. The van der Waals surface area contributed by atoms with Crippen molar-refractivity contribution in [1.29, 1.82) is 0 Å². The number of aromatic hydroxyl groups is 1. The van der Waals surface area contributed by atoms with Gasteiger partial charge in [-0.3, -0.25) is 4.79 Å². The van der Waals surface area contributed by atoms with Crippen molar-refractivity contribution in [2.75, 3.05) is 6.61 Å². The Balaban J connectivity index is 2.79. The number of hydrogen-bond donors (Lipinski definition) is 2. The van der Waals surface area contributed by atoms with Gasteiger partial charge in [0.25, 0.3) is 0 Å². The third kappa shape index (κ3) is 4.73. The molecule has 124 valence electrons. The second-order valence-electron chi connectivity index (χ2n) is 5.97. The fraction of sp³-hybridized carbons (Fsp3) is 0.611. The second-order valence-corrected chi connectivity index (χ2v) is 5.97. The Morgan fingerprint density at radius 2 is 1.86 bits per heavy atom. The van der Waals surface area contributed by atoms with Gasteiger partial charge in [-0.25, -0.2) is 0 Å². The van der Waals surface area contributed by atoms with Crippen molar-refractivity contribution in [1.82, 2.24) is 0 Å². The van der Waals surface area contributed by atoms with Crippen molar-refractivity contribution >= 4 is 5.97 Å². The lowest BCUT2D eigenvalue weighted by molar-refractivity contribution is -0.157. The van der Waals surface area contributed by atoms with Crippen LogP contribution in [0.5, 0.6) is 5.75 Å². The van der Waals surface area contributed by atoms with Crippen LogP contribution in [0, 0.1) is 0 Å². The van der Waals surface area contributed by atoms with Crippen molar-refractivity contribution in [2.45, 2.75) is 64.4 Å². The van der Waals surface area contributed by atoms with Gasteiger partial charge in [0.15, 0.2) is 0 Å². The van der Waals surface area contributed by atoms with Gasteiger partial charge in [-0.1, -0.05) is 38.8 Å². The van der Waals surface area contributed by atoms with Crippen LogP contribution >= 0.6 is 0 Å². The number of esters is 1. The predicted molar refractivity (Wildman–Crippen MR) is 86.9 cm³/mol. The Labute approximate surface area is 133 Å². The van der Waals surface area contributed by atoms with Gasteiger partial charge in [0.1, 0.15) is 17.3 Å². The van der Waals surface area contributed by atoms with Crippen LogP contribution < -0.4 is 0 Å². The van der Waals surface area contributed by atoms with Gasteiger partial charge >= 0.3 is 5.97 Å². The number of phenols is 1. The zero-order valence-corrected chi connectivity index (χ0v) is 13.8. The number of rotatable bonds is 9. The number of aliphatic hydroxyl groups is 1. The number of aliphatic hydroxyl groups excluding tert-OH is 1. The second kappa shape index (κ2) is 8.79. The lowest BCUT2D eigenvalue weighted by atomic mass is 9.83. The van der Waals surface area contributed by atoms with Crippen molar-refractivity contribution in [3.63, 3.8) is 0 Å². The molecule has 1 aromatic rings. The summed E-state index contributed by atoms with van der Waals surface area (Å²) in [6.45, 7) is 5.48. The highest BCUT2D eigenvalue weighted by molar-refractivity contribution is 5.83. The van der Waals surface area contributed by atoms with Crippen molar-refractivity contribution < 1.29 is 19.7 Å². The van der Waals surface area contributed by atoms with Crippen LogP contribution in [0.4, 0.5) is 0 Å². The number of hydrogen-bond acceptors (Lipinski definition) is 4. The molecule has 22 heavy (non-hydrogen) atoms. The van der Waals surface area contributed by atoms with Crippen molar-refractivity contribution in [3.05, 3.63) is 29.8 Å². The van der Waals surface area contributed by atoms with E-state index in [0.717, 1.165) is 32.1 Å². The monoisotopic (exact) mass is 308 g/mol. The summed E-state index contributed by atoms with van der Waals surface area (Å²) in [5.74, 6) is -0.285. The molecule has 0 bridgehead atoms. The minimum absolute atomic E-state index is 0.109. The Hall–Kier alpha value is -1.55. The summed E-state index contributed by atoms with van der Waals surface area (Å²) < 4.78 is 5.63. The number of unbranched alkanes of at least 4 members (excludes halogenated alkanes) is 2. The third-order valence-corrected chi connectivity index (χ3v) is 4.13. The summed E-state index contributed by atoms with van der Waals surface area (Å²) in [5.41, 5.74) is -0.465. The summed E-state index contributed by atoms with van der Waals surface area (Å²) in [6, 6.07) is 6.31. The Bertz CT molecular complexity index is 455. The summed E-state index contributed by atoms with van der Waals surface area (Å²) in [6.07, 6.45) is 4.81. The van der Waals surface area contributed by atoms with E-state index >= 15 is 0 Å². The molecule has 0 spiro atoms. The van der Waals surface area contributed by atoms with Gasteiger partial charge in [0, 0.05) is 0 Å². The molecular weight excluding hydrogens is 280 g/mol. The van der Waals surface area contributed by atoms with Crippen LogP contribution in [0.3, 0.4) is 0 Å². The average Bonchev–Trinajstić information content (AvgIpc) is 2.53. The first-order chi connectivity index (χ1) is 10.5. The lowest BCUT2D eigenvalue weighted by Gasteiger charge is -2.28. The maximum Gasteiger partial charge on any atom is 0.318 e. The maximum absolute atomic E-state index is 12.5. The minimum atomic E-state index is -1.11. The smallest absolute Gasteiger partial charge is 0.318 e. The van der Waals surface area contributed by atoms with Gasteiger partial charge in [-0.2, -0.15) is 0 Å². The molecular formula is C18H28O4. The number of benzene rings is 1. The summed E-state index contributed by atoms with van der Waals surface area (Å²) in [4.78, 5) is 12.5. The fourth-order valence-corrected chi connectivity index (χ4v) is 2.35. The molecule has 0 saturated heterocycles. The maximum atomic E-state index is 12.5. The van der Waals surface area contributed by atoms with Gasteiger partial charge in [0.2, 0.25) is 0 Å². The average molecular weight is 308 g/mol. The van der Waals surface area contributed by atoms with Crippen LogP contribution in [-0.4, -0.2) is 28.9 Å². The molecule has 0 aliphatic carbocycles. The van der Waals surface area contributed by atoms with Crippen LogP contribution in [0.1, 0.15) is 58.4 Å². The van der Waals surface area contributed by atoms with E-state index in [0.29, 0.717) is 5.56 Å². The molecule has 0 aliphatic heterocycles. The first kappa shape index (κ1) is 18.5. The predicted octanol–water partition coefficient (Wildman–Crippen LogP) is 3.54. The van der Waals surface area contributed by atoms with E-state index in [2.05, 4.69) is 6.92 Å². The number of phenolic OH excluding ortho intramolecular Hbond substituents is 1. The van der Waals surface area contributed by atoms with E-state index in [4.69, 9.17) is 4.74 Å². The third-order valence-electron chi connectivity index (χ3n) is 4.13. The molecule has 1 rings (SSSR count). The van der Waals surface area contributed by atoms with Crippen LogP contribution in [0.2, 0.25) is 0 Å². The highest BCUT2D eigenvalue weighted by atomic mass is 16.5. The van der Waals surface area contributed by atoms with E-state index in [1.807, 2.05) is 6.92 Å². The number of ether oxygens (including phenoxy) is 1. The Kier molecular flexibility index (Phi) is 7.39. The lowest BCUT2D eigenvalue weighted by Crippen LogP contribution is -2.40. The SMILES string of the molecule is CCCCCC(CC)OC(=O)C(C)(CO)c1ccc(O)cc1. The molecule has 4 heteroatoms. The van der Waals surface area contributed by atoms with E-state index in [1.54, 1.807) is 19.1 Å². The molecule has 0 amide bonds. The van der Waals surface area contributed by atoms with Crippen molar-refractivity contribution in [3.8, 4) is 5.75 Å². The molecule has 0 fully saturated rings. The summed E-state index contributed by atoms with van der Waals surface area (Å²) >= 11 is 0. The normalized spacial score (nSPS) is 15.1. The topological polar surface area (TPSA) is 66.8 Å². The molecule has 2 atom stereocenters. The molecule has 0 radical (unpaired) electrons. The summed E-state index contributed by atoms with van der Waals surface area (Å²) in [7, 11) is 0. The first-order valence-electron chi connectivity index (χ1n) is 8.09. The molecule has 0 aliphatic rings. The Morgan fingerprint density at radius 1 is 1.23 bits per heavy atom. The standard InChI is InChI=1S/C18H28O4/c1-4-6-7-8-16(5-2)22-17(21)18(3,13-19)14-9-11-15(20)12-10-14/h9-12,16,19-20H,4-8,13H2,1-3H3. The van der Waals surface area contributed by atoms with E-state index in [1.165, 1.54) is 12.1 Å². The molecule has 2 N–H and O–H groups in total. The van der Waals surface area contributed by atoms with Gasteiger partial charge in [-0.15, -0.1) is 0 Å². The Morgan fingerprint density at radius 3 is 2.36 bits per heavy atom. The molecule has 1 aromatic carbocycles. The van der Waals surface area contributed by atoms with E-state index in [9.17, 15) is 15.0 Å². The highest BCUT2D eigenvalue weighted by Gasteiger charge is 2.37. The van der Waals surface area contributed by atoms with E-state index < -0.39 is 11.4 Å². The van der Waals surface area contributed by atoms with Crippen molar-refractivity contribution in [2.24, 2.45) is 0 Å². The molecule has 4 nitrogen and oxygen atoms in total. The molecule has 2 unspecified atom stereocenters. The van der Waals surface area contributed by atoms with E-state index in [-0.39, 0.29) is 18.5 Å². The quantitative estimate of drug-likeness (QED) is 0.541. The summed E-state index contributed by atoms with van der Waals surface area (Å²) in [5, 5.41) is 19.1. The van der Waals surface area contributed by atoms with Crippen LogP contribution in [0.15, 0.2) is 24.3 Å². The number of carbonyl (C=O) groups is 1. The zero-order valence-electron chi connectivity index (χ0n) is 13.8. The zero-order chi connectivity index (χ0) is 16.6. The minimum Gasteiger partial charge on any atom is -0.508 e. The van der Waals surface area contributed by atoms with Gasteiger partial charge < -0.3 is 14.9 Å². The van der Waals surface area contributed by atoms with Gasteiger partial charge in [0.05, 0.1) is 6.61 Å². The molecule has 0 saturated carbocycles.